The van der Waals surface area contributed by atoms with Gasteiger partial charge in [-0.15, -0.1) is 11.3 Å². The zero-order valence-electron chi connectivity index (χ0n) is 11.4. The van der Waals surface area contributed by atoms with Crippen molar-refractivity contribution >= 4 is 16.9 Å². The van der Waals surface area contributed by atoms with Crippen LogP contribution in [0.3, 0.4) is 0 Å². The van der Waals surface area contributed by atoms with Gasteiger partial charge in [0.2, 0.25) is 0 Å². The molecule has 1 atom stereocenters. The van der Waals surface area contributed by atoms with Crippen LogP contribution in [0.5, 0.6) is 0 Å². The SMILES string of the molecule is CCCNC(Cc1cncs1)c1cnn2ccncc12. The minimum atomic E-state index is 0.247. The summed E-state index contributed by atoms with van der Waals surface area (Å²) in [5, 5.41) is 8.00. The highest BCUT2D eigenvalue weighted by atomic mass is 32.1. The molecular weight excluding hydrogens is 270 g/mol. The molecule has 0 aliphatic heterocycles. The minimum Gasteiger partial charge on any atom is -0.310 e. The molecule has 5 nitrogen and oxygen atoms in total. The number of fused-ring (bicyclic) bond motifs is 1. The van der Waals surface area contributed by atoms with Gasteiger partial charge >= 0.3 is 0 Å². The number of hydrogen-bond donors (Lipinski definition) is 1. The Morgan fingerprint density at radius 2 is 2.25 bits per heavy atom. The predicted octanol–water partition coefficient (Wildman–Crippen LogP) is 2.47. The Hall–Kier alpha value is -1.79. The van der Waals surface area contributed by atoms with Crippen LogP contribution in [0.15, 0.2) is 36.5 Å². The molecule has 1 unspecified atom stereocenters. The van der Waals surface area contributed by atoms with E-state index in [2.05, 4.69) is 27.3 Å². The van der Waals surface area contributed by atoms with Crippen molar-refractivity contribution in [3.8, 4) is 0 Å². The molecule has 0 aliphatic rings. The first-order chi connectivity index (χ1) is 9.88. The molecule has 0 saturated carbocycles. The molecule has 0 bridgehead atoms. The number of nitrogens with zero attached hydrogens (tertiary/aromatic N) is 4. The van der Waals surface area contributed by atoms with Gasteiger partial charge in [-0.3, -0.25) is 9.97 Å². The van der Waals surface area contributed by atoms with Crippen LogP contribution in [0, 0.1) is 0 Å². The van der Waals surface area contributed by atoms with Crippen molar-refractivity contribution in [2.45, 2.75) is 25.8 Å². The van der Waals surface area contributed by atoms with Crippen LogP contribution < -0.4 is 5.32 Å². The van der Waals surface area contributed by atoms with Crippen molar-refractivity contribution in [1.29, 1.82) is 0 Å². The summed E-state index contributed by atoms with van der Waals surface area (Å²) < 4.78 is 1.87. The van der Waals surface area contributed by atoms with Crippen molar-refractivity contribution in [1.82, 2.24) is 24.9 Å². The lowest BCUT2D eigenvalue weighted by molar-refractivity contribution is 0.535. The fourth-order valence-electron chi connectivity index (χ4n) is 2.28. The lowest BCUT2D eigenvalue weighted by atomic mass is 10.1. The third-order valence-corrected chi connectivity index (χ3v) is 4.06. The highest BCUT2D eigenvalue weighted by Crippen LogP contribution is 2.23. The molecule has 3 rings (SSSR count). The van der Waals surface area contributed by atoms with Crippen LogP contribution in [-0.2, 0) is 6.42 Å². The number of hydrogen-bond acceptors (Lipinski definition) is 5. The van der Waals surface area contributed by atoms with E-state index >= 15 is 0 Å². The molecule has 20 heavy (non-hydrogen) atoms. The van der Waals surface area contributed by atoms with Crippen LogP contribution >= 0.6 is 11.3 Å². The molecule has 3 aromatic rings. The highest BCUT2D eigenvalue weighted by Gasteiger charge is 2.17. The highest BCUT2D eigenvalue weighted by molar-refractivity contribution is 7.09. The van der Waals surface area contributed by atoms with E-state index in [1.54, 1.807) is 17.5 Å². The van der Waals surface area contributed by atoms with E-state index in [0.717, 1.165) is 24.9 Å². The quantitative estimate of drug-likeness (QED) is 0.756. The Morgan fingerprint density at radius 3 is 3.05 bits per heavy atom. The summed E-state index contributed by atoms with van der Waals surface area (Å²) in [4.78, 5) is 9.64. The van der Waals surface area contributed by atoms with Gasteiger partial charge in [-0.05, 0) is 13.0 Å². The van der Waals surface area contributed by atoms with E-state index in [0.29, 0.717) is 0 Å². The minimum absolute atomic E-state index is 0.247. The molecule has 6 heteroatoms. The molecule has 0 aliphatic carbocycles. The van der Waals surface area contributed by atoms with Gasteiger partial charge in [0.05, 0.1) is 23.4 Å². The molecule has 3 aromatic heterocycles. The summed E-state index contributed by atoms with van der Waals surface area (Å²) >= 11 is 1.69. The zero-order chi connectivity index (χ0) is 13.8. The van der Waals surface area contributed by atoms with Gasteiger partial charge < -0.3 is 5.32 Å². The normalized spacial score (nSPS) is 12.8. The fourth-order valence-corrected chi connectivity index (χ4v) is 2.92. The summed E-state index contributed by atoms with van der Waals surface area (Å²) in [6, 6.07) is 0.247. The van der Waals surface area contributed by atoms with Crippen molar-refractivity contribution in [2.24, 2.45) is 0 Å². The van der Waals surface area contributed by atoms with E-state index < -0.39 is 0 Å². The van der Waals surface area contributed by atoms with Gasteiger partial charge in [-0.2, -0.15) is 5.10 Å². The third kappa shape index (κ3) is 2.71. The van der Waals surface area contributed by atoms with Gasteiger partial charge in [0.15, 0.2) is 0 Å². The second-order valence-corrected chi connectivity index (χ2v) is 5.66. The van der Waals surface area contributed by atoms with Gasteiger partial charge in [0.25, 0.3) is 0 Å². The molecule has 1 N–H and O–H groups in total. The molecule has 0 saturated heterocycles. The Bertz CT molecular complexity index is 661. The fraction of sp³-hybridized carbons (Fsp3) is 0.357. The number of aromatic nitrogens is 4. The zero-order valence-corrected chi connectivity index (χ0v) is 12.2. The van der Waals surface area contributed by atoms with E-state index in [1.807, 2.05) is 34.8 Å². The average Bonchev–Trinajstić information content (AvgIpc) is 3.12. The lowest BCUT2D eigenvalue weighted by Crippen LogP contribution is -2.23. The van der Waals surface area contributed by atoms with E-state index in [4.69, 9.17) is 0 Å². The summed E-state index contributed by atoms with van der Waals surface area (Å²) in [6.45, 7) is 3.16. The molecule has 0 spiro atoms. The van der Waals surface area contributed by atoms with Crippen LogP contribution in [0.2, 0.25) is 0 Å². The average molecular weight is 287 g/mol. The number of nitrogens with one attached hydrogen (secondary N) is 1. The maximum atomic E-state index is 4.40. The standard InChI is InChI=1S/C14H17N5S/c1-2-3-17-13(6-11-7-16-10-20-11)12-8-18-19-5-4-15-9-14(12)19/h4-5,7-10,13,17H,2-3,6H2,1H3. The van der Waals surface area contributed by atoms with Gasteiger partial charge in [-0.25, -0.2) is 4.52 Å². The second-order valence-electron chi connectivity index (χ2n) is 4.68. The van der Waals surface area contributed by atoms with E-state index in [-0.39, 0.29) is 6.04 Å². The summed E-state index contributed by atoms with van der Waals surface area (Å²) in [5.41, 5.74) is 4.13. The van der Waals surface area contributed by atoms with Gasteiger partial charge in [0.1, 0.15) is 0 Å². The molecule has 104 valence electrons. The second kappa shape index (κ2) is 6.11. The van der Waals surface area contributed by atoms with Crippen LogP contribution in [0.1, 0.15) is 29.8 Å². The molecule has 0 fully saturated rings. The Balaban J connectivity index is 1.91. The molecule has 0 radical (unpaired) electrons. The Morgan fingerprint density at radius 1 is 1.30 bits per heavy atom. The largest absolute Gasteiger partial charge is 0.310 e. The first-order valence-corrected chi connectivity index (χ1v) is 7.64. The first-order valence-electron chi connectivity index (χ1n) is 6.76. The van der Waals surface area contributed by atoms with Crippen LogP contribution in [0.25, 0.3) is 5.52 Å². The van der Waals surface area contributed by atoms with Crippen molar-refractivity contribution in [3.63, 3.8) is 0 Å². The molecule has 3 heterocycles. The van der Waals surface area contributed by atoms with Crippen molar-refractivity contribution in [3.05, 3.63) is 46.9 Å². The Labute approximate surface area is 121 Å². The summed E-state index contributed by atoms with van der Waals surface area (Å²) in [5.74, 6) is 0. The first kappa shape index (κ1) is 13.2. The Kier molecular flexibility index (Phi) is 4.03. The summed E-state index contributed by atoms with van der Waals surface area (Å²) in [7, 11) is 0. The maximum absolute atomic E-state index is 4.40. The lowest BCUT2D eigenvalue weighted by Gasteiger charge is -2.16. The molecule has 0 amide bonds. The summed E-state index contributed by atoms with van der Waals surface area (Å²) in [6.07, 6.45) is 11.4. The molecule has 0 aromatic carbocycles. The smallest absolute Gasteiger partial charge is 0.0892 e. The number of thiazole rings is 1. The molecular formula is C14H17N5S. The maximum Gasteiger partial charge on any atom is 0.0892 e. The monoisotopic (exact) mass is 287 g/mol. The van der Waals surface area contributed by atoms with Crippen LogP contribution in [-0.4, -0.2) is 26.1 Å². The van der Waals surface area contributed by atoms with E-state index in [9.17, 15) is 0 Å². The topological polar surface area (TPSA) is 55.1 Å². The van der Waals surface area contributed by atoms with Crippen molar-refractivity contribution < 1.29 is 0 Å². The van der Waals surface area contributed by atoms with Gasteiger partial charge in [-0.1, -0.05) is 6.92 Å². The van der Waals surface area contributed by atoms with Crippen LogP contribution in [0.4, 0.5) is 0 Å². The van der Waals surface area contributed by atoms with Crippen molar-refractivity contribution in [2.75, 3.05) is 6.54 Å². The number of rotatable bonds is 6. The predicted molar refractivity (Wildman–Crippen MR) is 79.8 cm³/mol. The third-order valence-electron chi connectivity index (χ3n) is 3.26. The van der Waals surface area contributed by atoms with E-state index in [1.165, 1.54) is 10.4 Å². The van der Waals surface area contributed by atoms with Gasteiger partial charge in [0, 0.05) is 41.5 Å².